The van der Waals surface area contributed by atoms with Crippen molar-refractivity contribution in [1.82, 2.24) is 20.0 Å². The highest BCUT2D eigenvalue weighted by Crippen LogP contribution is 2.25. The summed E-state index contributed by atoms with van der Waals surface area (Å²) in [7, 11) is 0. The minimum atomic E-state index is -0.213. The van der Waals surface area contributed by atoms with E-state index in [2.05, 4.69) is 33.2 Å². The third-order valence-corrected chi connectivity index (χ3v) is 6.76. The van der Waals surface area contributed by atoms with Crippen molar-refractivity contribution in [3.05, 3.63) is 56.8 Å². The number of aromatic nitrogens is 2. The van der Waals surface area contributed by atoms with Gasteiger partial charge >= 0.3 is 0 Å². The van der Waals surface area contributed by atoms with Gasteiger partial charge in [0.1, 0.15) is 11.2 Å². The minimum absolute atomic E-state index is 0.0513. The number of anilines is 1. The second-order valence-corrected chi connectivity index (χ2v) is 9.13. The van der Waals surface area contributed by atoms with Crippen LogP contribution in [0.2, 0.25) is 5.02 Å². The Morgan fingerprint density at radius 3 is 2.84 bits per heavy atom. The minimum Gasteiger partial charge on any atom is -0.369 e. The second-order valence-electron chi connectivity index (χ2n) is 7.78. The molecule has 0 bridgehead atoms. The van der Waals surface area contributed by atoms with Crippen LogP contribution >= 0.6 is 22.9 Å². The molecule has 164 valence electrons. The molecule has 7 nitrogen and oxygen atoms in total. The van der Waals surface area contributed by atoms with Gasteiger partial charge in [-0.05, 0) is 49.0 Å². The zero-order valence-corrected chi connectivity index (χ0v) is 19.1. The fourth-order valence-corrected chi connectivity index (χ4v) is 4.85. The molecule has 3 aromatic rings. The number of nitrogens with zero attached hydrogens (tertiary/aromatic N) is 4. The number of piperazine rings is 1. The van der Waals surface area contributed by atoms with Crippen molar-refractivity contribution in [2.45, 2.75) is 19.9 Å². The summed E-state index contributed by atoms with van der Waals surface area (Å²) < 4.78 is 1.86. The van der Waals surface area contributed by atoms with Gasteiger partial charge in [0.2, 0.25) is 5.91 Å². The number of nitrogens with one attached hydrogen (secondary N) is 1. The average Bonchev–Trinajstić information content (AvgIpc) is 3.25. The van der Waals surface area contributed by atoms with Crippen LogP contribution in [0.4, 0.5) is 5.69 Å². The van der Waals surface area contributed by atoms with E-state index in [4.69, 9.17) is 11.6 Å². The van der Waals surface area contributed by atoms with Gasteiger partial charge in [0.15, 0.2) is 0 Å². The van der Waals surface area contributed by atoms with E-state index < -0.39 is 0 Å². The number of hydrogen-bond acceptors (Lipinski definition) is 6. The topological polar surface area (TPSA) is 70.5 Å². The van der Waals surface area contributed by atoms with Crippen molar-refractivity contribution >= 4 is 44.6 Å². The smallest absolute Gasteiger partial charge is 0.285 e. The van der Waals surface area contributed by atoms with E-state index in [1.807, 2.05) is 23.6 Å². The van der Waals surface area contributed by atoms with Crippen LogP contribution in [0.25, 0.3) is 10.1 Å². The summed E-state index contributed by atoms with van der Waals surface area (Å²) in [5, 5.41) is 10.4. The first-order valence-corrected chi connectivity index (χ1v) is 11.7. The lowest BCUT2D eigenvalue weighted by Crippen LogP contribution is -2.47. The second kappa shape index (κ2) is 9.80. The van der Waals surface area contributed by atoms with Gasteiger partial charge in [-0.2, -0.15) is 5.10 Å². The number of amides is 1. The molecule has 9 heteroatoms. The predicted octanol–water partition coefficient (Wildman–Crippen LogP) is 2.75. The van der Waals surface area contributed by atoms with Gasteiger partial charge < -0.3 is 10.2 Å². The molecular weight excluding hydrogens is 434 g/mol. The first-order valence-electron chi connectivity index (χ1n) is 10.4. The van der Waals surface area contributed by atoms with Crippen molar-refractivity contribution < 1.29 is 4.79 Å². The molecule has 1 aliphatic rings. The molecular formula is C22H26ClN5O2S. The zero-order valence-electron chi connectivity index (χ0n) is 17.5. The molecule has 2 aromatic heterocycles. The number of benzene rings is 1. The molecule has 0 saturated carbocycles. The summed E-state index contributed by atoms with van der Waals surface area (Å²) in [5.74, 6) is -0.188. The van der Waals surface area contributed by atoms with Crippen molar-refractivity contribution in [3.63, 3.8) is 0 Å². The summed E-state index contributed by atoms with van der Waals surface area (Å²) in [5.41, 5.74) is 2.24. The normalized spacial score (nSPS) is 14.8. The highest BCUT2D eigenvalue weighted by atomic mass is 35.5. The maximum Gasteiger partial charge on any atom is 0.285 e. The molecule has 4 rings (SSSR count). The Balaban J connectivity index is 1.18. The van der Waals surface area contributed by atoms with Crippen molar-refractivity contribution in [3.8, 4) is 0 Å². The number of hydrogen-bond donors (Lipinski definition) is 1. The van der Waals surface area contributed by atoms with Crippen LogP contribution in [0.1, 0.15) is 12.0 Å². The van der Waals surface area contributed by atoms with Crippen LogP contribution in [0, 0.1) is 6.92 Å². The van der Waals surface area contributed by atoms with Crippen molar-refractivity contribution in [2.75, 3.05) is 44.2 Å². The van der Waals surface area contributed by atoms with Gasteiger partial charge in [-0.15, -0.1) is 11.3 Å². The fourth-order valence-electron chi connectivity index (χ4n) is 3.87. The van der Waals surface area contributed by atoms with Crippen LogP contribution in [0.5, 0.6) is 0 Å². The van der Waals surface area contributed by atoms with E-state index in [0.717, 1.165) is 49.6 Å². The average molecular weight is 460 g/mol. The lowest BCUT2D eigenvalue weighted by molar-refractivity contribution is -0.121. The van der Waals surface area contributed by atoms with E-state index >= 15 is 0 Å². The number of fused-ring (bicyclic) bond motifs is 1. The quantitative estimate of drug-likeness (QED) is 0.550. The molecule has 1 aliphatic heterocycles. The van der Waals surface area contributed by atoms with E-state index in [1.54, 1.807) is 6.20 Å². The number of rotatable bonds is 7. The Morgan fingerprint density at radius 2 is 2.03 bits per heavy atom. The van der Waals surface area contributed by atoms with Gasteiger partial charge in [-0.3, -0.25) is 14.5 Å². The van der Waals surface area contributed by atoms with Crippen molar-refractivity contribution in [2.24, 2.45) is 0 Å². The third-order valence-electron chi connectivity index (χ3n) is 5.61. The third kappa shape index (κ3) is 5.26. The Morgan fingerprint density at radius 1 is 1.23 bits per heavy atom. The fraction of sp³-hybridized carbons (Fsp3) is 0.409. The molecule has 1 fully saturated rings. The molecule has 1 aromatic carbocycles. The summed E-state index contributed by atoms with van der Waals surface area (Å²) >= 11 is 7.53. The van der Waals surface area contributed by atoms with Gasteiger partial charge in [0.05, 0.1) is 6.20 Å². The van der Waals surface area contributed by atoms with Gasteiger partial charge in [0.25, 0.3) is 5.56 Å². The van der Waals surface area contributed by atoms with Crippen LogP contribution in [0.3, 0.4) is 0 Å². The Kier molecular flexibility index (Phi) is 6.89. The first kappa shape index (κ1) is 21.8. The first-order chi connectivity index (χ1) is 15.0. The Hall–Kier alpha value is -2.42. The maximum absolute atomic E-state index is 12.3. The summed E-state index contributed by atoms with van der Waals surface area (Å²) in [6.07, 6.45) is 2.50. The molecule has 0 spiro atoms. The van der Waals surface area contributed by atoms with E-state index in [9.17, 15) is 9.59 Å². The highest BCUT2D eigenvalue weighted by molar-refractivity contribution is 7.17. The molecule has 0 atom stereocenters. The Labute approximate surface area is 190 Å². The van der Waals surface area contributed by atoms with E-state index in [-0.39, 0.29) is 18.0 Å². The number of halogens is 1. The molecule has 1 amide bonds. The standard InChI is InChI=1S/C22H26ClN5O2S/c1-16-3-4-18(23)13-19(16)27-10-8-26(9-11-27)7-2-6-24-20(29)15-28-22(30)21-17(14-25-28)5-12-31-21/h3-5,12-14H,2,6-11,15H2,1H3,(H,24,29). The van der Waals surface area contributed by atoms with Crippen LogP contribution in [-0.4, -0.2) is 59.9 Å². The number of carbonyl (C=O) groups is 1. The van der Waals surface area contributed by atoms with Gasteiger partial charge in [0, 0.05) is 48.8 Å². The molecule has 1 N–H and O–H groups in total. The molecule has 31 heavy (non-hydrogen) atoms. The monoisotopic (exact) mass is 459 g/mol. The Bertz CT molecular complexity index is 1120. The molecule has 3 heterocycles. The maximum atomic E-state index is 12.3. The number of carbonyl (C=O) groups excluding carboxylic acids is 1. The zero-order chi connectivity index (χ0) is 21.8. The lowest BCUT2D eigenvalue weighted by atomic mass is 10.1. The number of thiophene rings is 1. The van der Waals surface area contributed by atoms with Gasteiger partial charge in [-0.1, -0.05) is 17.7 Å². The van der Waals surface area contributed by atoms with E-state index in [0.29, 0.717) is 11.2 Å². The van der Waals surface area contributed by atoms with Crippen molar-refractivity contribution in [1.29, 1.82) is 0 Å². The lowest BCUT2D eigenvalue weighted by Gasteiger charge is -2.37. The summed E-state index contributed by atoms with van der Waals surface area (Å²) in [4.78, 5) is 29.4. The van der Waals surface area contributed by atoms with Crippen LogP contribution in [0.15, 0.2) is 40.6 Å². The van der Waals surface area contributed by atoms with Gasteiger partial charge in [-0.25, -0.2) is 4.68 Å². The van der Waals surface area contributed by atoms with Crippen LogP contribution < -0.4 is 15.8 Å². The summed E-state index contributed by atoms with van der Waals surface area (Å²) in [6.45, 7) is 7.48. The number of aryl methyl sites for hydroxylation is 1. The molecule has 1 saturated heterocycles. The molecule has 0 unspecified atom stereocenters. The van der Waals surface area contributed by atoms with E-state index in [1.165, 1.54) is 27.3 Å². The highest BCUT2D eigenvalue weighted by Gasteiger charge is 2.18. The van der Waals surface area contributed by atoms with Crippen LogP contribution in [-0.2, 0) is 11.3 Å². The molecule has 0 radical (unpaired) electrons. The largest absolute Gasteiger partial charge is 0.369 e. The SMILES string of the molecule is Cc1ccc(Cl)cc1N1CCN(CCCNC(=O)Cn2ncc3ccsc3c2=O)CC1. The summed E-state index contributed by atoms with van der Waals surface area (Å²) in [6, 6.07) is 7.89. The predicted molar refractivity (Wildman–Crippen MR) is 126 cm³/mol. The molecule has 0 aliphatic carbocycles.